The van der Waals surface area contributed by atoms with Gasteiger partial charge in [0.25, 0.3) is 0 Å². The van der Waals surface area contributed by atoms with Gasteiger partial charge in [-0.05, 0) is 12.1 Å². The van der Waals surface area contributed by atoms with Gasteiger partial charge in [-0.2, -0.15) is 13.2 Å². The zero-order valence-electron chi connectivity index (χ0n) is 7.96. The monoisotopic (exact) mass is 216 g/mol. The summed E-state index contributed by atoms with van der Waals surface area (Å²) in [5, 5.41) is 2.77. The molecule has 0 bridgehead atoms. The molecule has 0 spiro atoms. The second-order valence-electron chi connectivity index (χ2n) is 3.67. The topological polar surface area (TPSA) is 24.9 Å². The molecule has 2 nitrogen and oxygen atoms in total. The molecule has 1 N–H and O–H groups in total. The summed E-state index contributed by atoms with van der Waals surface area (Å²) >= 11 is 0. The number of nitrogens with zero attached hydrogens (tertiary/aromatic N) is 1. The summed E-state index contributed by atoms with van der Waals surface area (Å²) in [5.41, 5.74) is 0.518. The van der Waals surface area contributed by atoms with Crippen molar-refractivity contribution in [3.8, 4) is 0 Å². The Labute approximate surface area is 85.5 Å². The molecule has 2 atom stereocenters. The van der Waals surface area contributed by atoms with Crippen molar-refractivity contribution in [2.75, 3.05) is 13.1 Å². The van der Waals surface area contributed by atoms with Crippen LogP contribution in [0.1, 0.15) is 11.6 Å². The van der Waals surface area contributed by atoms with Crippen LogP contribution in [0.2, 0.25) is 0 Å². The molecule has 1 aliphatic heterocycles. The van der Waals surface area contributed by atoms with Crippen molar-refractivity contribution in [3.05, 3.63) is 30.1 Å². The summed E-state index contributed by atoms with van der Waals surface area (Å²) in [7, 11) is 0. The largest absolute Gasteiger partial charge is 0.393 e. The van der Waals surface area contributed by atoms with Gasteiger partial charge < -0.3 is 5.32 Å². The third-order valence-corrected chi connectivity index (χ3v) is 2.70. The molecule has 82 valence electrons. The third kappa shape index (κ3) is 2.12. The van der Waals surface area contributed by atoms with Crippen molar-refractivity contribution in [2.45, 2.75) is 12.1 Å². The van der Waals surface area contributed by atoms with Crippen LogP contribution in [-0.4, -0.2) is 24.2 Å². The summed E-state index contributed by atoms with van der Waals surface area (Å²) in [6, 6.07) is 5.07. The van der Waals surface area contributed by atoms with Crippen molar-refractivity contribution < 1.29 is 13.2 Å². The van der Waals surface area contributed by atoms with E-state index in [0.717, 1.165) is 0 Å². The average molecular weight is 216 g/mol. The van der Waals surface area contributed by atoms with Crippen molar-refractivity contribution in [1.82, 2.24) is 10.3 Å². The van der Waals surface area contributed by atoms with E-state index in [-0.39, 0.29) is 6.54 Å². The fourth-order valence-electron chi connectivity index (χ4n) is 1.93. The maximum absolute atomic E-state index is 12.6. The van der Waals surface area contributed by atoms with E-state index < -0.39 is 18.0 Å². The minimum Gasteiger partial charge on any atom is -0.315 e. The zero-order valence-corrected chi connectivity index (χ0v) is 7.96. The molecule has 0 amide bonds. The van der Waals surface area contributed by atoms with Gasteiger partial charge in [0.1, 0.15) is 0 Å². The lowest BCUT2D eigenvalue weighted by molar-refractivity contribution is -0.172. The number of hydrogen-bond acceptors (Lipinski definition) is 2. The summed E-state index contributed by atoms with van der Waals surface area (Å²) in [4.78, 5) is 3.98. The van der Waals surface area contributed by atoms with Gasteiger partial charge in [0, 0.05) is 30.9 Å². The Balaban J connectivity index is 2.23. The Hall–Kier alpha value is -1.10. The molecule has 1 aliphatic rings. The highest BCUT2D eigenvalue weighted by Crippen LogP contribution is 2.38. The molecule has 0 saturated carbocycles. The number of halogens is 3. The molecule has 15 heavy (non-hydrogen) atoms. The lowest BCUT2D eigenvalue weighted by atomic mass is 9.92. The highest BCUT2D eigenvalue weighted by Gasteiger charge is 2.47. The first kappa shape index (κ1) is 10.4. The second kappa shape index (κ2) is 3.81. The van der Waals surface area contributed by atoms with E-state index in [9.17, 15) is 13.2 Å². The third-order valence-electron chi connectivity index (χ3n) is 2.70. The maximum Gasteiger partial charge on any atom is 0.393 e. The van der Waals surface area contributed by atoms with Gasteiger partial charge in [0.15, 0.2) is 0 Å². The number of aromatic nitrogens is 1. The zero-order chi connectivity index (χ0) is 10.9. The van der Waals surface area contributed by atoms with Crippen LogP contribution in [0.4, 0.5) is 13.2 Å². The Morgan fingerprint density at radius 3 is 2.67 bits per heavy atom. The van der Waals surface area contributed by atoms with E-state index in [1.54, 1.807) is 18.2 Å². The van der Waals surface area contributed by atoms with Crippen LogP contribution in [-0.2, 0) is 0 Å². The molecule has 2 rings (SSSR count). The first-order valence-electron chi connectivity index (χ1n) is 4.77. The molecule has 0 aromatic carbocycles. The molecular formula is C10H11F3N2. The Morgan fingerprint density at radius 2 is 2.07 bits per heavy atom. The van der Waals surface area contributed by atoms with Crippen LogP contribution in [0.3, 0.4) is 0 Å². The van der Waals surface area contributed by atoms with Gasteiger partial charge in [-0.3, -0.25) is 4.98 Å². The van der Waals surface area contributed by atoms with E-state index >= 15 is 0 Å². The van der Waals surface area contributed by atoms with Crippen molar-refractivity contribution in [3.63, 3.8) is 0 Å². The van der Waals surface area contributed by atoms with Crippen LogP contribution in [0.15, 0.2) is 24.4 Å². The Morgan fingerprint density at radius 1 is 1.27 bits per heavy atom. The van der Waals surface area contributed by atoms with Gasteiger partial charge in [-0.25, -0.2) is 0 Å². The predicted octanol–water partition coefficient (Wildman–Crippen LogP) is 1.95. The molecular weight excluding hydrogens is 205 g/mol. The van der Waals surface area contributed by atoms with E-state index in [4.69, 9.17) is 0 Å². The van der Waals surface area contributed by atoms with Crippen molar-refractivity contribution in [2.24, 2.45) is 5.92 Å². The smallest absolute Gasteiger partial charge is 0.315 e. The number of nitrogens with one attached hydrogen (secondary N) is 1. The number of pyridine rings is 1. The second-order valence-corrected chi connectivity index (χ2v) is 3.67. The summed E-state index contributed by atoms with van der Waals surface area (Å²) in [6.45, 7) is 0.339. The lowest BCUT2D eigenvalue weighted by Gasteiger charge is -2.20. The van der Waals surface area contributed by atoms with Gasteiger partial charge in [0.2, 0.25) is 0 Å². The standard InChI is InChI=1S/C10H11F3N2/c11-10(12,13)8-6-14-5-7(8)9-3-1-2-4-15-9/h1-4,7-8,14H,5-6H2. The van der Waals surface area contributed by atoms with Gasteiger partial charge in [0.05, 0.1) is 5.92 Å². The summed E-state index contributed by atoms with van der Waals surface area (Å²) in [6.07, 6.45) is -2.62. The van der Waals surface area contributed by atoms with Crippen LogP contribution in [0.5, 0.6) is 0 Å². The normalized spacial score (nSPS) is 26.9. The number of hydrogen-bond donors (Lipinski definition) is 1. The first-order chi connectivity index (χ1) is 7.09. The highest BCUT2D eigenvalue weighted by molar-refractivity contribution is 5.14. The molecule has 1 aromatic rings. The molecule has 1 fully saturated rings. The molecule has 1 aromatic heterocycles. The van der Waals surface area contributed by atoms with E-state index in [0.29, 0.717) is 12.2 Å². The molecule has 2 heterocycles. The van der Waals surface area contributed by atoms with Crippen molar-refractivity contribution in [1.29, 1.82) is 0 Å². The lowest BCUT2D eigenvalue weighted by Crippen LogP contribution is -2.29. The summed E-state index contributed by atoms with van der Waals surface area (Å²) < 4.78 is 37.9. The fraction of sp³-hybridized carbons (Fsp3) is 0.500. The van der Waals surface area contributed by atoms with Gasteiger partial charge in [-0.1, -0.05) is 6.07 Å². The fourth-order valence-corrected chi connectivity index (χ4v) is 1.93. The minimum absolute atomic E-state index is 0.00919. The number of rotatable bonds is 1. The average Bonchev–Trinajstić information content (AvgIpc) is 2.67. The first-order valence-corrected chi connectivity index (χ1v) is 4.77. The van der Waals surface area contributed by atoms with E-state index in [1.807, 2.05) is 0 Å². The molecule has 0 aliphatic carbocycles. The Kier molecular flexibility index (Phi) is 2.65. The summed E-state index contributed by atoms with van der Waals surface area (Å²) in [5.74, 6) is -1.86. The minimum atomic E-state index is -4.15. The van der Waals surface area contributed by atoms with Crippen LogP contribution in [0, 0.1) is 5.92 Å². The molecule has 2 unspecified atom stereocenters. The molecule has 5 heteroatoms. The molecule has 1 saturated heterocycles. The quantitative estimate of drug-likeness (QED) is 0.776. The molecule has 0 radical (unpaired) electrons. The number of alkyl halides is 3. The Bertz CT molecular complexity index is 323. The van der Waals surface area contributed by atoms with Crippen molar-refractivity contribution >= 4 is 0 Å². The van der Waals surface area contributed by atoms with Crippen LogP contribution < -0.4 is 5.32 Å². The van der Waals surface area contributed by atoms with E-state index in [1.165, 1.54) is 6.20 Å². The van der Waals surface area contributed by atoms with Gasteiger partial charge in [-0.15, -0.1) is 0 Å². The predicted molar refractivity (Wildman–Crippen MR) is 49.4 cm³/mol. The van der Waals surface area contributed by atoms with Crippen LogP contribution >= 0.6 is 0 Å². The van der Waals surface area contributed by atoms with E-state index in [2.05, 4.69) is 10.3 Å². The highest BCUT2D eigenvalue weighted by atomic mass is 19.4. The maximum atomic E-state index is 12.6. The van der Waals surface area contributed by atoms with Gasteiger partial charge >= 0.3 is 6.18 Å². The van der Waals surface area contributed by atoms with Crippen LogP contribution in [0.25, 0.3) is 0 Å². The SMILES string of the molecule is FC(F)(F)C1CNCC1c1ccccn1.